The van der Waals surface area contributed by atoms with Crippen LogP contribution in [0.1, 0.15) is 30.6 Å². The second-order valence-corrected chi connectivity index (χ2v) is 5.92. The van der Waals surface area contributed by atoms with E-state index in [2.05, 4.69) is 17.6 Å². The van der Waals surface area contributed by atoms with Gasteiger partial charge in [-0.1, -0.05) is 31.5 Å². The summed E-state index contributed by atoms with van der Waals surface area (Å²) in [7, 11) is 0. The van der Waals surface area contributed by atoms with Crippen molar-refractivity contribution in [3.8, 4) is 0 Å². The minimum absolute atomic E-state index is 0.000403. The fraction of sp³-hybridized carbons (Fsp3) is 0.294. The number of anilines is 1. The Labute approximate surface area is 139 Å². The third-order valence-electron chi connectivity index (χ3n) is 3.38. The molecular weight excluding hydrogens is 312 g/mol. The predicted octanol–water partition coefficient (Wildman–Crippen LogP) is 2.49. The summed E-state index contributed by atoms with van der Waals surface area (Å²) in [5.41, 5.74) is 2.37. The van der Waals surface area contributed by atoms with E-state index in [-0.39, 0.29) is 6.54 Å². The molecule has 0 spiro atoms. The SMILES string of the molecule is CCCc1ccccc1NC(=O)C(=O)NCC(O)c1ccsc1. The van der Waals surface area contributed by atoms with Crippen LogP contribution in [0.25, 0.3) is 0 Å². The first kappa shape index (κ1) is 17.2. The van der Waals surface area contributed by atoms with Crippen molar-refractivity contribution in [3.05, 3.63) is 52.2 Å². The van der Waals surface area contributed by atoms with Gasteiger partial charge < -0.3 is 15.7 Å². The monoisotopic (exact) mass is 332 g/mol. The van der Waals surface area contributed by atoms with Gasteiger partial charge in [0.25, 0.3) is 0 Å². The molecule has 1 atom stereocenters. The second-order valence-electron chi connectivity index (χ2n) is 5.14. The summed E-state index contributed by atoms with van der Waals surface area (Å²) in [6, 6.07) is 9.20. The third-order valence-corrected chi connectivity index (χ3v) is 4.08. The summed E-state index contributed by atoms with van der Waals surface area (Å²) >= 11 is 1.46. The molecule has 0 saturated carbocycles. The molecule has 2 amide bonds. The summed E-state index contributed by atoms with van der Waals surface area (Å²) in [6.07, 6.45) is 0.964. The van der Waals surface area contributed by atoms with E-state index in [1.807, 2.05) is 23.6 Å². The molecule has 0 fully saturated rings. The van der Waals surface area contributed by atoms with Gasteiger partial charge in [-0.05, 0) is 40.4 Å². The molecule has 6 heteroatoms. The Morgan fingerprint density at radius 3 is 2.70 bits per heavy atom. The van der Waals surface area contributed by atoms with Crippen LogP contribution in [0, 0.1) is 0 Å². The van der Waals surface area contributed by atoms with Crippen molar-refractivity contribution in [1.82, 2.24) is 5.32 Å². The van der Waals surface area contributed by atoms with Gasteiger partial charge in [0.05, 0.1) is 6.10 Å². The number of hydrogen-bond acceptors (Lipinski definition) is 4. The van der Waals surface area contributed by atoms with Crippen LogP contribution in [-0.4, -0.2) is 23.5 Å². The topological polar surface area (TPSA) is 78.4 Å². The molecule has 1 heterocycles. The Kier molecular flexibility index (Phi) is 6.31. The summed E-state index contributed by atoms with van der Waals surface area (Å²) in [5, 5.41) is 18.6. The Morgan fingerprint density at radius 1 is 1.22 bits per heavy atom. The van der Waals surface area contributed by atoms with E-state index in [1.54, 1.807) is 17.5 Å². The maximum Gasteiger partial charge on any atom is 0.313 e. The second kappa shape index (κ2) is 8.45. The van der Waals surface area contributed by atoms with Crippen LogP contribution in [0.15, 0.2) is 41.1 Å². The first-order valence-corrected chi connectivity index (χ1v) is 8.43. The van der Waals surface area contributed by atoms with Crippen LogP contribution in [0.4, 0.5) is 5.69 Å². The highest BCUT2D eigenvalue weighted by molar-refractivity contribution is 7.07. The van der Waals surface area contributed by atoms with E-state index in [9.17, 15) is 14.7 Å². The molecule has 1 unspecified atom stereocenters. The lowest BCUT2D eigenvalue weighted by molar-refractivity contribution is -0.136. The number of carbonyl (C=O) groups excluding carboxylic acids is 2. The molecule has 1 aromatic carbocycles. The largest absolute Gasteiger partial charge is 0.387 e. The van der Waals surface area contributed by atoms with E-state index < -0.39 is 17.9 Å². The average molecular weight is 332 g/mol. The van der Waals surface area contributed by atoms with Gasteiger partial charge in [0.15, 0.2) is 0 Å². The molecule has 0 bridgehead atoms. The number of carbonyl (C=O) groups is 2. The zero-order valence-corrected chi connectivity index (χ0v) is 13.7. The lowest BCUT2D eigenvalue weighted by Crippen LogP contribution is -2.37. The summed E-state index contributed by atoms with van der Waals surface area (Å²) in [4.78, 5) is 23.8. The Balaban J connectivity index is 1.89. The molecule has 122 valence electrons. The number of amides is 2. The van der Waals surface area contributed by atoms with Gasteiger partial charge in [0.1, 0.15) is 0 Å². The quantitative estimate of drug-likeness (QED) is 0.711. The minimum atomic E-state index is -0.814. The fourth-order valence-electron chi connectivity index (χ4n) is 2.16. The Bertz CT molecular complexity index is 656. The zero-order valence-electron chi connectivity index (χ0n) is 12.9. The van der Waals surface area contributed by atoms with Crippen LogP contribution >= 0.6 is 11.3 Å². The van der Waals surface area contributed by atoms with E-state index >= 15 is 0 Å². The van der Waals surface area contributed by atoms with Crippen LogP contribution in [-0.2, 0) is 16.0 Å². The van der Waals surface area contributed by atoms with Gasteiger partial charge in [-0.3, -0.25) is 9.59 Å². The van der Waals surface area contributed by atoms with Crippen LogP contribution in [0.3, 0.4) is 0 Å². The highest BCUT2D eigenvalue weighted by Crippen LogP contribution is 2.17. The standard InChI is InChI=1S/C17H20N2O3S/c1-2-5-12-6-3-4-7-14(12)19-17(22)16(21)18-10-15(20)13-8-9-23-11-13/h3-4,6-9,11,15,20H,2,5,10H2,1H3,(H,18,21)(H,19,22). The van der Waals surface area contributed by atoms with Crippen molar-refractivity contribution in [2.75, 3.05) is 11.9 Å². The number of thiophene rings is 1. The van der Waals surface area contributed by atoms with Crippen molar-refractivity contribution in [1.29, 1.82) is 0 Å². The minimum Gasteiger partial charge on any atom is -0.387 e. The first-order chi connectivity index (χ1) is 11.1. The fourth-order valence-corrected chi connectivity index (χ4v) is 2.87. The number of aliphatic hydroxyl groups is 1. The van der Waals surface area contributed by atoms with Crippen LogP contribution < -0.4 is 10.6 Å². The molecule has 2 aromatic rings. The van der Waals surface area contributed by atoms with E-state index in [1.165, 1.54) is 11.3 Å². The number of aryl methyl sites for hydroxylation is 1. The number of nitrogens with one attached hydrogen (secondary N) is 2. The number of hydrogen-bond donors (Lipinski definition) is 3. The summed E-state index contributed by atoms with van der Waals surface area (Å²) < 4.78 is 0. The maximum absolute atomic E-state index is 12.0. The highest BCUT2D eigenvalue weighted by atomic mass is 32.1. The van der Waals surface area contributed by atoms with Crippen molar-refractivity contribution < 1.29 is 14.7 Å². The third kappa shape index (κ3) is 4.91. The molecule has 1 aromatic heterocycles. The van der Waals surface area contributed by atoms with Crippen molar-refractivity contribution >= 4 is 28.8 Å². The van der Waals surface area contributed by atoms with Crippen LogP contribution in [0.5, 0.6) is 0 Å². The number of para-hydroxylation sites is 1. The lowest BCUT2D eigenvalue weighted by Gasteiger charge is -2.12. The highest BCUT2D eigenvalue weighted by Gasteiger charge is 2.17. The summed E-state index contributed by atoms with van der Waals surface area (Å²) in [6.45, 7) is 2.05. The molecule has 0 saturated heterocycles. The van der Waals surface area contributed by atoms with E-state index in [4.69, 9.17) is 0 Å². The molecule has 0 aliphatic carbocycles. The predicted molar refractivity (Wildman–Crippen MR) is 91.4 cm³/mol. The van der Waals surface area contributed by atoms with Crippen molar-refractivity contribution in [2.24, 2.45) is 0 Å². The molecule has 3 N–H and O–H groups in total. The molecule has 0 aliphatic rings. The molecule has 5 nitrogen and oxygen atoms in total. The van der Waals surface area contributed by atoms with Crippen LogP contribution in [0.2, 0.25) is 0 Å². The van der Waals surface area contributed by atoms with E-state index in [0.717, 1.165) is 24.0 Å². The number of aliphatic hydroxyl groups excluding tert-OH is 1. The lowest BCUT2D eigenvalue weighted by atomic mass is 10.1. The van der Waals surface area contributed by atoms with Gasteiger partial charge in [0, 0.05) is 12.2 Å². The molecule has 23 heavy (non-hydrogen) atoms. The van der Waals surface area contributed by atoms with Crippen molar-refractivity contribution in [3.63, 3.8) is 0 Å². The van der Waals surface area contributed by atoms with Gasteiger partial charge in [-0.25, -0.2) is 0 Å². The Hall–Kier alpha value is -2.18. The average Bonchev–Trinajstić information content (AvgIpc) is 3.09. The molecular formula is C17H20N2O3S. The van der Waals surface area contributed by atoms with Gasteiger partial charge in [-0.15, -0.1) is 0 Å². The maximum atomic E-state index is 12.0. The smallest absolute Gasteiger partial charge is 0.313 e. The van der Waals surface area contributed by atoms with Gasteiger partial charge in [-0.2, -0.15) is 11.3 Å². The van der Waals surface area contributed by atoms with E-state index in [0.29, 0.717) is 5.69 Å². The van der Waals surface area contributed by atoms with Gasteiger partial charge in [0.2, 0.25) is 0 Å². The molecule has 0 aliphatic heterocycles. The number of rotatable bonds is 6. The first-order valence-electron chi connectivity index (χ1n) is 7.49. The summed E-state index contributed by atoms with van der Waals surface area (Å²) in [5.74, 6) is -1.49. The molecule has 0 radical (unpaired) electrons. The zero-order chi connectivity index (χ0) is 16.7. The number of benzene rings is 1. The normalized spacial score (nSPS) is 11.7. The van der Waals surface area contributed by atoms with Gasteiger partial charge >= 0.3 is 11.8 Å². The molecule has 2 rings (SSSR count). The Morgan fingerprint density at radius 2 is 2.00 bits per heavy atom. The van der Waals surface area contributed by atoms with Crippen molar-refractivity contribution in [2.45, 2.75) is 25.9 Å².